The van der Waals surface area contributed by atoms with Gasteiger partial charge in [-0.25, -0.2) is 0 Å². The predicted octanol–water partition coefficient (Wildman–Crippen LogP) is 11.1. The first-order valence-electron chi connectivity index (χ1n) is 15.4. The van der Waals surface area contributed by atoms with Gasteiger partial charge in [0, 0.05) is 43.8 Å². The third-order valence-electron chi connectivity index (χ3n) is 8.01. The Balaban J connectivity index is 0.000000269. The molecule has 0 aliphatic rings. The van der Waals surface area contributed by atoms with Crippen molar-refractivity contribution in [1.82, 2.24) is 14.5 Å². The molecule has 4 aromatic carbocycles. The normalized spacial score (nSPS) is 11.0. The zero-order chi connectivity index (χ0) is 31.5. The number of benzene rings is 4. The van der Waals surface area contributed by atoms with Gasteiger partial charge in [-0.2, -0.15) is 0 Å². The summed E-state index contributed by atoms with van der Waals surface area (Å²) >= 11 is 0. The van der Waals surface area contributed by atoms with Crippen LogP contribution >= 0.6 is 0 Å². The van der Waals surface area contributed by atoms with E-state index in [2.05, 4.69) is 98.6 Å². The van der Waals surface area contributed by atoms with Gasteiger partial charge in [0.25, 0.3) is 0 Å². The predicted molar refractivity (Wildman–Crippen MR) is 187 cm³/mol. The standard InChI is InChI=1S/C30H29N2O.C11H8N.Ir/c1-18(2)21-14-15-28-24(16-21)25(17-33-28)30-31-26-12-7-8-13-27(26)32(30)29-22(19(3)4)10-9-11-23(29)20(5)6;1-2-6-10(7-3-1)11-8-4-5-9-12-11;/h7-16,19-20H,1H2,2-6H3;1-6,8-9H;/q2*-1;. The van der Waals surface area contributed by atoms with Crippen LogP contribution in [0.3, 0.4) is 0 Å². The summed E-state index contributed by atoms with van der Waals surface area (Å²) in [6.07, 6.45) is 4.96. The minimum Gasteiger partial charge on any atom is -0.557 e. The van der Waals surface area contributed by atoms with Gasteiger partial charge in [-0.05, 0) is 59.3 Å². The largest absolute Gasteiger partial charge is 0.557 e. The molecule has 0 N–H and O–H groups in total. The van der Waals surface area contributed by atoms with Crippen molar-refractivity contribution in [2.24, 2.45) is 0 Å². The van der Waals surface area contributed by atoms with E-state index in [4.69, 9.17) is 9.40 Å². The molecule has 3 heterocycles. The van der Waals surface area contributed by atoms with Crippen LogP contribution in [0.25, 0.3) is 55.9 Å². The van der Waals surface area contributed by atoms with Gasteiger partial charge in [0.15, 0.2) is 0 Å². The molecule has 0 spiro atoms. The van der Waals surface area contributed by atoms with Crippen molar-refractivity contribution in [3.05, 3.63) is 145 Å². The van der Waals surface area contributed by atoms with Crippen molar-refractivity contribution >= 4 is 27.6 Å². The first-order chi connectivity index (χ1) is 21.8. The molecule has 7 rings (SSSR count). The number of hydrogen-bond acceptors (Lipinski definition) is 3. The fraction of sp³-hybridized carbons (Fsp3) is 0.171. The fourth-order valence-corrected chi connectivity index (χ4v) is 5.67. The van der Waals surface area contributed by atoms with Gasteiger partial charge in [0.1, 0.15) is 0 Å². The van der Waals surface area contributed by atoms with Crippen LogP contribution in [-0.4, -0.2) is 14.5 Å². The van der Waals surface area contributed by atoms with Crippen molar-refractivity contribution in [1.29, 1.82) is 0 Å². The summed E-state index contributed by atoms with van der Waals surface area (Å²) in [5.74, 6) is 1.59. The van der Waals surface area contributed by atoms with E-state index in [0.29, 0.717) is 11.8 Å². The van der Waals surface area contributed by atoms with Crippen molar-refractivity contribution in [2.75, 3.05) is 0 Å². The molecule has 0 fully saturated rings. The number of aromatic nitrogens is 3. The minimum absolute atomic E-state index is 0. The number of allylic oxidation sites excluding steroid dienone is 1. The summed E-state index contributed by atoms with van der Waals surface area (Å²) in [6.45, 7) is 15.1. The quantitative estimate of drug-likeness (QED) is 0.158. The van der Waals surface area contributed by atoms with Gasteiger partial charge in [-0.3, -0.25) is 4.98 Å². The van der Waals surface area contributed by atoms with E-state index in [0.717, 1.165) is 55.8 Å². The summed E-state index contributed by atoms with van der Waals surface area (Å²) in [5, 5.41) is 1.00. The van der Waals surface area contributed by atoms with Gasteiger partial charge in [0.05, 0.1) is 16.9 Å². The zero-order valence-electron chi connectivity index (χ0n) is 26.8. The van der Waals surface area contributed by atoms with Crippen LogP contribution in [0.2, 0.25) is 0 Å². The van der Waals surface area contributed by atoms with E-state index in [9.17, 15) is 0 Å². The number of pyridine rings is 1. The van der Waals surface area contributed by atoms with Crippen LogP contribution in [0.1, 0.15) is 63.1 Å². The molecule has 0 saturated carbocycles. The molecule has 0 unspecified atom stereocenters. The van der Waals surface area contributed by atoms with E-state index in [1.54, 1.807) is 6.20 Å². The molecular weight excluding hydrogens is 743 g/mol. The Labute approximate surface area is 285 Å². The second-order valence-corrected chi connectivity index (χ2v) is 11.9. The maximum Gasteiger partial charge on any atom is 0.0774 e. The molecule has 0 aliphatic carbocycles. The number of furan rings is 1. The second kappa shape index (κ2) is 14.2. The summed E-state index contributed by atoms with van der Waals surface area (Å²) in [5.41, 5.74) is 11.7. The third kappa shape index (κ3) is 6.53. The van der Waals surface area contributed by atoms with Crippen LogP contribution in [-0.2, 0) is 20.1 Å². The van der Waals surface area contributed by atoms with Crippen molar-refractivity contribution in [3.63, 3.8) is 0 Å². The fourth-order valence-electron chi connectivity index (χ4n) is 5.67. The monoisotopic (exact) mass is 780 g/mol. The summed E-state index contributed by atoms with van der Waals surface area (Å²) in [7, 11) is 0. The number of nitrogens with zero attached hydrogens (tertiary/aromatic N) is 3. The summed E-state index contributed by atoms with van der Waals surface area (Å²) < 4.78 is 8.19. The Bertz CT molecular complexity index is 2030. The van der Waals surface area contributed by atoms with E-state index in [1.165, 1.54) is 16.8 Å². The molecule has 4 nitrogen and oxygen atoms in total. The molecule has 5 heteroatoms. The maximum atomic E-state index is 5.87. The molecule has 0 amide bonds. The topological polar surface area (TPSA) is 43.9 Å². The number of fused-ring (bicyclic) bond motifs is 2. The van der Waals surface area contributed by atoms with Crippen molar-refractivity contribution in [3.8, 4) is 28.3 Å². The molecule has 0 saturated heterocycles. The molecular formula is C41H37IrN3O-2. The molecule has 7 aromatic rings. The molecule has 233 valence electrons. The molecule has 46 heavy (non-hydrogen) atoms. The molecule has 0 atom stereocenters. The summed E-state index contributed by atoms with van der Waals surface area (Å²) in [4.78, 5) is 9.32. The molecule has 0 bridgehead atoms. The minimum atomic E-state index is 0. The zero-order valence-corrected chi connectivity index (χ0v) is 29.2. The summed E-state index contributed by atoms with van der Waals surface area (Å²) in [6, 6.07) is 38.0. The first kappa shape index (κ1) is 32.8. The average Bonchev–Trinajstić information content (AvgIpc) is 3.66. The van der Waals surface area contributed by atoms with Crippen molar-refractivity contribution in [2.45, 2.75) is 46.5 Å². The Kier molecular flexibility index (Phi) is 10.2. The van der Waals surface area contributed by atoms with Gasteiger partial charge in [-0.1, -0.05) is 111 Å². The smallest absolute Gasteiger partial charge is 0.0774 e. The van der Waals surface area contributed by atoms with Crippen LogP contribution in [0.5, 0.6) is 0 Å². The van der Waals surface area contributed by atoms with Crippen LogP contribution in [0, 0.1) is 12.3 Å². The van der Waals surface area contributed by atoms with Crippen LogP contribution in [0.15, 0.2) is 120 Å². The third-order valence-corrected chi connectivity index (χ3v) is 8.01. The number of hydrogen-bond donors (Lipinski definition) is 0. The van der Waals surface area contributed by atoms with E-state index < -0.39 is 0 Å². The van der Waals surface area contributed by atoms with Crippen LogP contribution in [0.4, 0.5) is 0 Å². The Morgan fingerprint density at radius 2 is 1.54 bits per heavy atom. The first-order valence-corrected chi connectivity index (χ1v) is 15.4. The Morgan fingerprint density at radius 3 is 2.20 bits per heavy atom. The van der Waals surface area contributed by atoms with Gasteiger partial charge in [-0.15, -0.1) is 35.9 Å². The number of imidazole rings is 1. The van der Waals surface area contributed by atoms with Gasteiger partial charge >= 0.3 is 0 Å². The van der Waals surface area contributed by atoms with E-state index in [1.807, 2.05) is 67.6 Å². The molecule has 1 radical (unpaired) electrons. The van der Waals surface area contributed by atoms with E-state index in [-0.39, 0.29) is 20.1 Å². The average molecular weight is 780 g/mol. The number of rotatable bonds is 6. The van der Waals surface area contributed by atoms with Gasteiger partial charge in [0.2, 0.25) is 0 Å². The molecule has 0 aliphatic heterocycles. The SMILES string of the molecule is C=C(C)c1ccc2o[c-]c(-c3nc4ccccc4n3-c3c(C(C)C)cccc3C(C)C)c2c1.[Ir].[c-]1ccccc1-c1ccccn1. The maximum absolute atomic E-state index is 5.87. The number of para-hydroxylation sites is 3. The van der Waals surface area contributed by atoms with Gasteiger partial charge < -0.3 is 14.0 Å². The molecule has 3 aromatic heterocycles. The second-order valence-electron chi connectivity index (χ2n) is 11.9. The van der Waals surface area contributed by atoms with Crippen LogP contribution < -0.4 is 0 Å². The Hall–Kier alpha value is -4.57. The van der Waals surface area contributed by atoms with E-state index >= 15 is 0 Å². The Morgan fingerprint density at radius 1 is 0.826 bits per heavy atom. The van der Waals surface area contributed by atoms with Crippen molar-refractivity contribution < 1.29 is 24.5 Å².